The van der Waals surface area contributed by atoms with Crippen LogP contribution in [-0.2, 0) is 9.59 Å². The Bertz CT molecular complexity index is 610. The van der Waals surface area contributed by atoms with Crippen LogP contribution in [0.15, 0.2) is 29.3 Å². The predicted molar refractivity (Wildman–Crippen MR) is 81.6 cm³/mol. The van der Waals surface area contributed by atoms with Crippen LogP contribution in [0.25, 0.3) is 0 Å². The summed E-state index contributed by atoms with van der Waals surface area (Å²) in [6.45, 7) is 3.38. The number of rotatable bonds is 4. The fourth-order valence-corrected chi connectivity index (χ4v) is 1.84. The fraction of sp³-hybridized carbons (Fsp3) is 0.400. The SMILES string of the molecule is CC(=O)N(CC(=O)C(F)(F)F)C(=NC(C)C)c1ccc(Cl)cc1. The van der Waals surface area contributed by atoms with Crippen molar-refractivity contribution in [3.05, 3.63) is 34.9 Å². The van der Waals surface area contributed by atoms with Crippen molar-refractivity contribution in [3.63, 3.8) is 0 Å². The van der Waals surface area contributed by atoms with Gasteiger partial charge in [-0.1, -0.05) is 11.6 Å². The van der Waals surface area contributed by atoms with Gasteiger partial charge >= 0.3 is 6.18 Å². The molecule has 0 N–H and O–H groups in total. The molecule has 0 bridgehead atoms. The van der Waals surface area contributed by atoms with Gasteiger partial charge in [0.2, 0.25) is 5.91 Å². The Kier molecular flexibility index (Phi) is 6.32. The number of hydrogen-bond acceptors (Lipinski definition) is 3. The highest BCUT2D eigenvalue weighted by molar-refractivity contribution is 6.30. The first-order valence-electron chi connectivity index (χ1n) is 6.74. The molecule has 0 aliphatic carbocycles. The number of Topliss-reactive ketones (excluding diaryl/α,β-unsaturated/α-hetero) is 1. The summed E-state index contributed by atoms with van der Waals surface area (Å²) in [6.07, 6.45) is -5.02. The summed E-state index contributed by atoms with van der Waals surface area (Å²) in [7, 11) is 0. The van der Waals surface area contributed by atoms with Gasteiger partial charge in [-0.05, 0) is 38.1 Å². The topological polar surface area (TPSA) is 49.7 Å². The van der Waals surface area contributed by atoms with Crippen LogP contribution in [0.1, 0.15) is 26.3 Å². The second-order valence-corrected chi connectivity index (χ2v) is 5.52. The lowest BCUT2D eigenvalue weighted by atomic mass is 10.1. The number of hydrogen-bond donors (Lipinski definition) is 0. The second kappa shape index (κ2) is 7.59. The summed E-state index contributed by atoms with van der Waals surface area (Å²) in [5.74, 6) is -2.73. The lowest BCUT2D eigenvalue weighted by Crippen LogP contribution is -2.44. The third-order valence-electron chi connectivity index (χ3n) is 2.74. The van der Waals surface area contributed by atoms with E-state index in [0.29, 0.717) is 10.6 Å². The summed E-state index contributed by atoms with van der Waals surface area (Å²) in [5.41, 5.74) is 0.397. The van der Waals surface area contributed by atoms with Crippen molar-refractivity contribution >= 4 is 29.1 Å². The highest BCUT2D eigenvalue weighted by Gasteiger charge is 2.40. The van der Waals surface area contributed by atoms with Crippen LogP contribution in [0.3, 0.4) is 0 Å². The fourth-order valence-electron chi connectivity index (χ4n) is 1.71. The molecule has 1 aromatic carbocycles. The Labute approximate surface area is 136 Å². The number of ketones is 1. The van der Waals surface area contributed by atoms with Crippen molar-refractivity contribution < 1.29 is 22.8 Å². The largest absolute Gasteiger partial charge is 0.451 e. The van der Waals surface area contributed by atoms with Crippen LogP contribution in [0, 0.1) is 0 Å². The number of carbonyl (C=O) groups is 2. The average Bonchev–Trinajstić information content (AvgIpc) is 2.41. The summed E-state index contributed by atoms with van der Waals surface area (Å²) in [6, 6.07) is 5.81. The van der Waals surface area contributed by atoms with Crippen molar-refractivity contribution in [2.24, 2.45) is 4.99 Å². The minimum absolute atomic E-state index is 0.00164. The van der Waals surface area contributed by atoms with E-state index < -0.39 is 24.4 Å². The summed E-state index contributed by atoms with van der Waals surface area (Å²) >= 11 is 5.79. The molecule has 1 amide bonds. The average molecular weight is 349 g/mol. The predicted octanol–water partition coefficient (Wildman–Crippen LogP) is 3.47. The minimum atomic E-state index is -5.02. The van der Waals surface area contributed by atoms with Crippen LogP contribution in [-0.4, -0.2) is 41.2 Å². The first kappa shape index (κ1) is 19.2. The van der Waals surface area contributed by atoms with Gasteiger partial charge in [-0.3, -0.25) is 19.5 Å². The smallest absolute Gasteiger partial charge is 0.289 e. The maximum absolute atomic E-state index is 12.5. The van der Waals surface area contributed by atoms with Crippen molar-refractivity contribution in [3.8, 4) is 0 Å². The first-order valence-corrected chi connectivity index (χ1v) is 7.12. The Hall–Kier alpha value is -1.89. The zero-order valence-corrected chi connectivity index (χ0v) is 13.6. The van der Waals surface area contributed by atoms with Gasteiger partial charge in [0.15, 0.2) is 0 Å². The van der Waals surface area contributed by atoms with E-state index in [1.165, 1.54) is 24.3 Å². The molecule has 0 radical (unpaired) electrons. The molecular formula is C15H16ClF3N2O2. The Morgan fingerprint density at radius 1 is 1.22 bits per heavy atom. The molecule has 0 aliphatic heterocycles. The standard InChI is InChI=1S/C15H16ClF3N2O2/c1-9(2)20-14(11-4-6-12(16)7-5-11)21(10(3)22)8-13(23)15(17,18)19/h4-7,9H,8H2,1-3H3. The molecule has 0 heterocycles. The van der Waals surface area contributed by atoms with Crippen molar-refractivity contribution in [1.82, 2.24) is 4.90 Å². The monoisotopic (exact) mass is 348 g/mol. The molecule has 0 atom stereocenters. The molecule has 0 fully saturated rings. The number of halogens is 4. The number of amidine groups is 1. The van der Waals surface area contributed by atoms with E-state index in [4.69, 9.17) is 11.6 Å². The zero-order chi connectivity index (χ0) is 17.8. The quantitative estimate of drug-likeness (QED) is 0.618. The van der Waals surface area contributed by atoms with E-state index in [0.717, 1.165) is 11.8 Å². The van der Waals surface area contributed by atoms with Crippen LogP contribution < -0.4 is 0 Å². The van der Waals surface area contributed by atoms with Gasteiger partial charge in [0.05, 0.1) is 6.54 Å². The molecule has 4 nitrogen and oxygen atoms in total. The van der Waals surface area contributed by atoms with Gasteiger partial charge in [0.25, 0.3) is 5.78 Å². The Morgan fingerprint density at radius 3 is 2.13 bits per heavy atom. The Morgan fingerprint density at radius 2 is 1.74 bits per heavy atom. The van der Waals surface area contributed by atoms with Gasteiger partial charge in [-0.15, -0.1) is 0 Å². The third-order valence-corrected chi connectivity index (χ3v) is 2.99. The number of benzene rings is 1. The molecule has 0 unspecified atom stereocenters. The van der Waals surface area contributed by atoms with E-state index >= 15 is 0 Å². The van der Waals surface area contributed by atoms with Crippen molar-refractivity contribution in [2.45, 2.75) is 33.0 Å². The molecule has 23 heavy (non-hydrogen) atoms. The van der Waals surface area contributed by atoms with Gasteiger partial charge in [0, 0.05) is 23.6 Å². The maximum atomic E-state index is 12.5. The Balaban J connectivity index is 3.28. The van der Waals surface area contributed by atoms with E-state index in [1.807, 2.05) is 0 Å². The molecule has 0 spiro atoms. The highest BCUT2D eigenvalue weighted by Crippen LogP contribution is 2.19. The number of alkyl halides is 3. The summed E-state index contributed by atoms with van der Waals surface area (Å²) in [5, 5.41) is 0.429. The van der Waals surface area contributed by atoms with Crippen LogP contribution in [0.2, 0.25) is 5.02 Å². The minimum Gasteiger partial charge on any atom is -0.289 e. The lowest BCUT2D eigenvalue weighted by molar-refractivity contribution is -0.171. The first-order chi connectivity index (χ1) is 10.5. The third kappa shape index (κ3) is 5.67. The molecule has 0 aromatic heterocycles. The maximum Gasteiger partial charge on any atom is 0.451 e. The molecule has 126 valence electrons. The molecule has 0 saturated carbocycles. The summed E-state index contributed by atoms with van der Waals surface area (Å²) < 4.78 is 37.5. The molecule has 1 aromatic rings. The molecule has 0 saturated heterocycles. The van der Waals surface area contributed by atoms with E-state index in [2.05, 4.69) is 4.99 Å². The van der Waals surface area contributed by atoms with Gasteiger partial charge < -0.3 is 0 Å². The number of aliphatic imine (C=N–C) groups is 1. The number of nitrogens with zero attached hydrogens (tertiary/aromatic N) is 2. The van der Waals surface area contributed by atoms with Crippen LogP contribution in [0.4, 0.5) is 13.2 Å². The molecule has 8 heteroatoms. The zero-order valence-electron chi connectivity index (χ0n) is 12.8. The number of carbonyl (C=O) groups excluding carboxylic acids is 2. The van der Waals surface area contributed by atoms with Crippen LogP contribution in [0.5, 0.6) is 0 Å². The number of amides is 1. The van der Waals surface area contributed by atoms with Crippen LogP contribution >= 0.6 is 11.6 Å². The highest BCUT2D eigenvalue weighted by atomic mass is 35.5. The van der Waals surface area contributed by atoms with Crippen molar-refractivity contribution in [1.29, 1.82) is 0 Å². The normalized spacial score (nSPS) is 12.4. The van der Waals surface area contributed by atoms with E-state index in [1.54, 1.807) is 13.8 Å². The van der Waals surface area contributed by atoms with Crippen molar-refractivity contribution in [2.75, 3.05) is 6.54 Å². The van der Waals surface area contributed by atoms with E-state index in [-0.39, 0.29) is 11.9 Å². The molecule has 1 rings (SSSR count). The molecule has 0 aliphatic rings. The van der Waals surface area contributed by atoms with Gasteiger partial charge in [-0.2, -0.15) is 13.2 Å². The lowest BCUT2D eigenvalue weighted by Gasteiger charge is -2.24. The second-order valence-electron chi connectivity index (χ2n) is 5.08. The summed E-state index contributed by atoms with van der Waals surface area (Å²) in [4.78, 5) is 27.9. The van der Waals surface area contributed by atoms with Gasteiger partial charge in [-0.25, -0.2) is 0 Å². The molecular weight excluding hydrogens is 333 g/mol. The van der Waals surface area contributed by atoms with Gasteiger partial charge in [0.1, 0.15) is 5.84 Å². The van der Waals surface area contributed by atoms with E-state index in [9.17, 15) is 22.8 Å².